The third-order valence-electron chi connectivity index (χ3n) is 23.8. The van der Waals surface area contributed by atoms with E-state index in [1.165, 1.54) is 125 Å². The SMILES string of the molecule is CC(C)(C)COc1cc(C(C)(C)C)ccc1F.CC(C)(C)c1ccc(F)c(OC(F)(F)F)c1.CC(C)(C)c1ccc(F)c(OCC(F)(F)F)c1.CC(C)(C)c1ccc(F)c(OCC(F)F)c1.CC(C)(C)c1ccc(F)c(OCC2CC2)c1.CC(C)(C)c1ccc(F)c(OCC2CCC2)c1.CC(C)(C)c1ccc(F)c(OCC2CCCC2)c1.CC(C)(O)COc1cc(C(C)(C)C)ccc1F.CC(C)COc1cc(C(C)(C)C)ccc1F. The van der Waals surface area contributed by atoms with Crippen molar-refractivity contribution >= 4 is 0 Å². The van der Waals surface area contributed by atoms with Crippen LogP contribution in [0.15, 0.2) is 164 Å². The van der Waals surface area contributed by atoms with Crippen LogP contribution in [-0.4, -0.2) is 82.5 Å². The summed E-state index contributed by atoms with van der Waals surface area (Å²) in [6, 6.07) is 42.4. The first kappa shape index (κ1) is 132. The van der Waals surface area contributed by atoms with Crippen LogP contribution in [0.5, 0.6) is 51.7 Å². The highest BCUT2D eigenvalue weighted by atomic mass is 19.4. The molecule has 27 heteroatoms. The van der Waals surface area contributed by atoms with Gasteiger partial charge in [0.15, 0.2) is 111 Å². The van der Waals surface area contributed by atoms with Crippen molar-refractivity contribution in [2.45, 2.75) is 366 Å². The van der Waals surface area contributed by atoms with E-state index in [-0.39, 0.29) is 107 Å². The molecule has 3 aliphatic rings. The van der Waals surface area contributed by atoms with E-state index < -0.39 is 66.8 Å². The Kier molecular flexibility index (Phi) is 49.5. The molecule has 0 unspecified atom stereocenters. The zero-order valence-corrected chi connectivity index (χ0v) is 95.0. The molecular formula is C123H169F17O10. The Morgan fingerprint density at radius 2 is 0.440 bits per heavy atom. The maximum absolute atomic E-state index is 13.7. The van der Waals surface area contributed by atoms with Crippen LogP contribution in [0.4, 0.5) is 74.6 Å². The molecule has 3 fully saturated rings. The summed E-state index contributed by atoms with van der Waals surface area (Å²) in [7, 11) is 0. The summed E-state index contributed by atoms with van der Waals surface area (Å²) in [5.41, 5.74) is 6.98. The Morgan fingerprint density at radius 1 is 0.247 bits per heavy atom. The van der Waals surface area contributed by atoms with Crippen molar-refractivity contribution in [3.63, 3.8) is 0 Å². The molecule has 10 nitrogen and oxygen atoms in total. The first-order valence-corrected chi connectivity index (χ1v) is 51.4. The first-order chi connectivity index (χ1) is 68.4. The number of alkyl halides is 8. The van der Waals surface area contributed by atoms with Crippen LogP contribution < -0.4 is 42.6 Å². The van der Waals surface area contributed by atoms with Crippen molar-refractivity contribution in [3.8, 4) is 51.7 Å². The Balaban J connectivity index is 0.000000351. The van der Waals surface area contributed by atoms with E-state index in [1.54, 1.807) is 44.2 Å². The number of benzene rings is 9. The molecule has 1 N–H and O–H groups in total. The number of halogens is 17. The monoisotopic (exact) mass is 2130 g/mol. The Hall–Kier alpha value is -10.1. The van der Waals surface area contributed by atoms with Crippen LogP contribution in [-0.2, 0) is 48.7 Å². The standard InChI is InChI=1S/C16H23FO.C15H21FO.C15H23FO.C14H21FO2.C14H19FO.C14H21FO.C12H14F4O.C12H15F3O.C11H12F4O/c1-16(2,3)13-8-9-14(17)15(10-13)18-11-12-6-4-5-7-12;1-15(2,3)12-7-8-13(16)14(9-12)17-10-11-5-4-6-11;1-14(2,3)10-17-13-9-11(15(4,5)6)7-8-12(13)16;1-13(2,3)10-6-7-11(15)12(8-10)17-9-14(4,5)16;1-14(2,3)11-6-7-12(15)13(8-11)16-9-10-4-5-10;1-10(2)9-16-13-8-11(14(3,4)5)6-7-12(13)15;1-11(2,3)8-4-5-9(13)10(6-8)17-7-12(14,15)16;1-12(2,3)8-4-5-9(13)10(6-8)16-7-11(14)15;1-10(2,3)7-4-5-8(12)9(6-7)16-11(13,14)15/h8-10,12H,4-7,11H2,1-3H3;7-9,11H,4-6,10H2,1-3H3;7-9H,10H2,1-6H3;6-8,16H,9H2,1-5H3;6-8,10H,4-5,9H2,1-3H3;6-8,10H,9H2,1-5H3;4-6H,7H2,1-3H3;4-6,11H,7H2,1-3H3;4-6H,1-3H3. The fourth-order valence-electron chi connectivity index (χ4n) is 13.7. The van der Waals surface area contributed by atoms with Gasteiger partial charge in [-0.3, -0.25) is 0 Å². The van der Waals surface area contributed by atoms with E-state index in [0.717, 1.165) is 62.7 Å². The second kappa shape index (κ2) is 56.2. The lowest BCUT2D eigenvalue weighted by Crippen LogP contribution is -2.28. The van der Waals surface area contributed by atoms with Crippen molar-refractivity contribution in [2.75, 3.05) is 52.9 Å². The van der Waals surface area contributed by atoms with Crippen LogP contribution in [0.1, 0.15) is 343 Å². The Labute approximate surface area is 884 Å². The quantitative estimate of drug-likeness (QED) is 0.0623. The van der Waals surface area contributed by atoms with E-state index in [1.807, 2.05) is 125 Å². The molecule has 0 radical (unpaired) electrons. The van der Waals surface area contributed by atoms with Gasteiger partial charge in [0.05, 0.1) is 38.6 Å². The molecule has 0 spiro atoms. The molecule has 0 bridgehead atoms. The molecule has 3 aliphatic carbocycles. The first-order valence-electron chi connectivity index (χ1n) is 51.4. The molecule has 3 saturated carbocycles. The largest absolute Gasteiger partial charge is 0.573 e. The predicted molar refractivity (Wildman–Crippen MR) is 571 cm³/mol. The van der Waals surface area contributed by atoms with Gasteiger partial charge in [0.25, 0.3) is 6.43 Å². The highest BCUT2D eigenvalue weighted by Crippen LogP contribution is 2.41. The molecule has 0 aliphatic heterocycles. The minimum absolute atomic E-state index is 0.00748. The van der Waals surface area contributed by atoms with Gasteiger partial charge in [0.2, 0.25) is 0 Å². The van der Waals surface area contributed by atoms with Gasteiger partial charge in [-0.05, 0) is 289 Å². The molecule has 840 valence electrons. The maximum Gasteiger partial charge on any atom is 0.573 e. The van der Waals surface area contributed by atoms with Crippen molar-refractivity contribution < 1.29 is 122 Å². The highest BCUT2D eigenvalue weighted by molar-refractivity contribution is 5.42. The zero-order valence-electron chi connectivity index (χ0n) is 95.0. The van der Waals surface area contributed by atoms with Gasteiger partial charge in [0.1, 0.15) is 13.2 Å². The summed E-state index contributed by atoms with van der Waals surface area (Å²) in [4.78, 5) is 0. The van der Waals surface area contributed by atoms with Crippen LogP contribution in [0.2, 0.25) is 0 Å². The topological polar surface area (TPSA) is 103 Å². The Morgan fingerprint density at radius 3 is 0.627 bits per heavy atom. The normalized spacial score (nSPS) is 13.9. The molecule has 150 heavy (non-hydrogen) atoms. The van der Waals surface area contributed by atoms with E-state index in [4.69, 9.17) is 33.2 Å². The van der Waals surface area contributed by atoms with Gasteiger partial charge in [-0.25, -0.2) is 48.3 Å². The van der Waals surface area contributed by atoms with E-state index in [9.17, 15) is 79.7 Å². The summed E-state index contributed by atoms with van der Waals surface area (Å²) in [6.07, 6.45) is -0.738. The maximum atomic E-state index is 13.7. The highest BCUT2D eigenvalue weighted by Gasteiger charge is 2.35. The smallest absolute Gasteiger partial charge is 0.490 e. The number of rotatable bonds is 23. The van der Waals surface area contributed by atoms with Crippen molar-refractivity contribution in [3.05, 3.63) is 266 Å². The minimum Gasteiger partial charge on any atom is -0.490 e. The molecule has 0 atom stereocenters. The summed E-state index contributed by atoms with van der Waals surface area (Å²) in [6.45, 7) is 69.2. The van der Waals surface area contributed by atoms with Gasteiger partial charge < -0.3 is 47.7 Å². The predicted octanol–water partition coefficient (Wildman–Crippen LogP) is 36.7. The minimum atomic E-state index is -4.88. The Bertz CT molecular complexity index is 5230. The van der Waals surface area contributed by atoms with Gasteiger partial charge in [-0.2, -0.15) is 13.2 Å². The molecule has 9 aromatic carbocycles. The average molecular weight is 2130 g/mol. The molecule has 0 heterocycles. The second-order valence-electron chi connectivity index (χ2n) is 50.2. The van der Waals surface area contributed by atoms with Crippen molar-refractivity contribution in [2.24, 2.45) is 29.1 Å². The van der Waals surface area contributed by atoms with E-state index in [2.05, 4.69) is 155 Å². The fraction of sp³-hybridized carbons (Fsp3) is 0.561. The lowest BCUT2D eigenvalue weighted by Gasteiger charge is -2.26. The summed E-state index contributed by atoms with van der Waals surface area (Å²) < 4.78 is 262. The molecule has 12 rings (SSSR count). The number of hydrogen-bond acceptors (Lipinski definition) is 10. The fourth-order valence-corrected chi connectivity index (χ4v) is 13.7. The van der Waals surface area contributed by atoms with Gasteiger partial charge in [0, 0.05) is 0 Å². The third-order valence-corrected chi connectivity index (χ3v) is 23.8. The molecule has 0 aromatic heterocycles. The molecular weight excluding hydrogens is 1960 g/mol. The lowest BCUT2D eigenvalue weighted by molar-refractivity contribution is -0.275. The number of ether oxygens (including phenoxy) is 9. The second-order valence-corrected chi connectivity index (χ2v) is 50.2. The number of aliphatic hydroxyl groups is 1. The van der Waals surface area contributed by atoms with Crippen LogP contribution in [0.3, 0.4) is 0 Å². The molecule has 9 aromatic rings. The van der Waals surface area contributed by atoms with Gasteiger partial charge in [-0.1, -0.05) is 295 Å². The summed E-state index contributed by atoms with van der Waals surface area (Å²) >= 11 is 0. The zero-order chi connectivity index (χ0) is 114. The van der Waals surface area contributed by atoms with Crippen molar-refractivity contribution in [1.82, 2.24) is 0 Å². The van der Waals surface area contributed by atoms with Crippen LogP contribution in [0.25, 0.3) is 0 Å². The van der Waals surface area contributed by atoms with E-state index >= 15 is 0 Å². The van der Waals surface area contributed by atoms with E-state index in [0.29, 0.717) is 91.0 Å². The van der Waals surface area contributed by atoms with Crippen molar-refractivity contribution in [1.29, 1.82) is 0 Å². The average Bonchev–Trinajstić information content (AvgIpc) is 1.81. The van der Waals surface area contributed by atoms with Crippen LogP contribution >= 0.6 is 0 Å². The van der Waals surface area contributed by atoms with Gasteiger partial charge in [-0.15, -0.1) is 13.2 Å². The van der Waals surface area contributed by atoms with Gasteiger partial charge >= 0.3 is 12.5 Å². The lowest BCUT2D eigenvalue weighted by atomic mass is 9.86. The number of hydrogen-bond donors (Lipinski definition) is 1. The summed E-state index contributed by atoms with van der Waals surface area (Å²) in [5.74, 6) is -1.01. The summed E-state index contributed by atoms with van der Waals surface area (Å²) in [5, 5.41) is 9.55. The van der Waals surface area contributed by atoms with Crippen LogP contribution in [0, 0.1) is 81.4 Å². The third kappa shape index (κ3) is 51.1. The molecule has 0 saturated heterocycles. The molecule has 0 amide bonds.